The van der Waals surface area contributed by atoms with Gasteiger partial charge >= 0.3 is 5.97 Å². The fourth-order valence-electron chi connectivity index (χ4n) is 2.46. The van der Waals surface area contributed by atoms with Crippen molar-refractivity contribution in [3.63, 3.8) is 0 Å². The number of rotatable bonds is 6. The van der Waals surface area contributed by atoms with Crippen LogP contribution in [0.1, 0.15) is 37.8 Å². The highest BCUT2D eigenvalue weighted by Crippen LogP contribution is 2.22. The van der Waals surface area contributed by atoms with Gasteiger partial charge in [0.25, 0.3) is 0 Å². The summed E-state index contributed by atoms with van der Waals surface area (Å²) in [7, 11) is 0. The van der Waals surface area contributed by atoms with E-state index in [9.17, 15) is 10.1 Å². The third kappa shape index (κ3) is 5.20. The van der Waals surface area contributed by atoms with Gasteiger partial charge in [0, 0.05) is 5.02 Å². The van der Waals surface area contributed by atoms with Crippen molar-refractivity contribution in [3.8, 4) is 11.8 Å². The van der Waals surface area contributed by atoms with E-state index < -0.39 is 0 Å². The van der Waals surface area contributed by atoms with E-state index in [1.165, 1.54) is 0 Å². The number of ether oxygens (including phenoxy) is 1. The average molecular weight is 354 g/mol. The summed E-state index contributed by atoms with van der Waals surface area (Å²) < 4.78 is 5.40. The van der Waals surface area contributed by atoms with E-state index in [1.807, 2.05) is 38.1 Å². The van der Waals surface area contributed by atoms with Crippen molar-refractivity contribution in [1.82, 2.24) is 0 Å². The fraction of sp³-hybridized carbons (Fsp3) is 0.238. The molecule has 0 aromatic heterocycles. The van der Waals surface area contributed by atoms with Crippen LogP contribution >= 0.6 is 11.6 Å². The maximum atomic E-state index is 12.0. The van der Waals surface area contributed by atoms with Gasteiger partial charge < -0.3 is 4.74 Å². The van der Waals surface area contributed by atoms with Gasteiger partial charge in [0.05, 0.1) is 17.6 Å². The second-order valence-corrected chi connectivity index (χ2v) is 6.12. The smallest absolute Gasteiger partial charge is 0.314 e. The van der Waals surface area contributed by atoms with Crippen LogP contribution in [0.2, 0.25) is 5.02 Å². The first-order valence-corrected chi connectivity index (χ1v) is 8.64. The summed E-state index contributed by atoms with van der Waals surface area (Å²) in [5.74, 6) is 0.229. The van der Waals surface area contributed by atoms with Crippen molar-refractivity contribution in [2.75, 3.05) is 0 Å². The van der Waals surface area contributed by atoms with Crippen molar-refractivity contribution in [2.24, 2.45) is 5.92 Å². The largest absolute Gasteiger partial charge is 0.426 e. The number of carbonyl (C=O) groups excluding carboxylic acids is 1. The molecule has 4 heteroatoms. The molecule has 0 atom stereocenters. The summed E-state index contributed by atoms with van der Waals surface area (Å²) in [5.41, 5.74) is 2.13. The van der Waals surface area contributed by atoms with Gasteiger partial charge in [-0.25, -0.2) is 0 Å². The van der Waals surface area contributed by atoms with E-state index >= 15 is 0 Å². The van der Waals surface area contributed by atoms with E-state index in [-0.39, 0.29) is 11.9 Å². The summed E-state index contributed by atoms with van der Waals surface area (Å²) in [6.07, 6.45) is 3.31. The van der Waals surface area contributed by atoms with Gasteiger partial charge in [-0.15, -0.1) is 0 Å². The summed E-state index contributed by atoms with van der Waals surface area (Å²) in [4.78, 5) is 12.0. The summed E-state index contributed by atoms with van der Waals surface area (Å²) in [5, 5.41) is 9.98. The molecule has 25 heavy (non-hydrogen) atoms. The Morgan fingerprint density at radius 3 is 2.44 bits per heavy atom. The normalized spacial score (nSPS) is 11.2. The van der Waals surface area contributed by atoms with Gasteiger partial charge in [-0.2, -0.15) is 5.26 Å². The molecule has 0 aliphatic heterocycles. The molecule has 0 heterocycles. The Kier molecular flexibility index (Phi) is 6.80. The van der Waals surface area contributed by atoms with Gasteiger partial charge in [-0.05, 0) is 54.3 Å². The number of nitriles is 1. The zero-order valence-corrected chi connectivity index (χ0v) is 15.1. The molecule has 0 radical (unpaired) electrons. The van der Waals surface area contributed by atoms with Crippen LogP contribution in [-0.4, -0.2) is 5.97 Å². The molecule has 0 fully saturated rings. The van der Waals surface area contributed by atoms with Crippen molar-refractivity contribution >= 4 is 29.2 Å². The standard InChI is InChI=1S/C21H20ClNO2/c1-3-16(4-2)21(24)25-20-10-8-15(9-11-20)12-18(14-23)17-6-5-7-19(22)13-17/h5-13,16H,3-4H2,1-2H3/b18-12-. The minimum atomic E-state index is -0.204. The Labute approximate surface area is 153 Å². The molecule has 0 aliphatic carbocycles. The molecule has 2 aromatic rings. The molecule has 0 N–H and O–H groups in total. The predicted octanol–water partition coefficient (Wildman–Crippen LogP) is 5.75. The first-order chi connectivity index (χ1) is 12.1. The van der Waals surface area contributed by atoms with Crippen LogP contribution in [0.5, 0.6) is 5.75 Å². The minimum absolute atomic E-state index is 0.0763. The summed E-state index contributed by atoms with van der Waals surface area (Å²) in [6, 6.07) is 16.5. The first-order valence-electron chi connectivity index (χ1n) is 8.26. The van der Waals surface area contributed by atoms with Gasteiger partial charge in [0.2, 0.25) is 0 Å². The number of nitrogens with zero attached hydrogens (tertiary/aromatic N) is 1. The van der Waals surface area contributed by atoms with Crippen molar-refractivity contribution in [2.45, 2.75) is 26.7 Å². The quantitative estimate of drug-likeness (QED) is 0.287. The highest BCUT2D eigenvalue weighted by Gasteiger charge is 2.16. The molecule has 128 valence electrons. The van der Waals surface area contributed by atoms with Crippen LogP contribution in [-0.2, 0) is 4.79 Å². The highest BCUT2D eigenvalue weighted by molar-refractivity contribution is 6.30. The van der Waals surface area contributed by atoms with E-state index in [0.29, 0.717) is 16.3 Å². The number of carbonyl (C=O) groups is 1. The first kappa shape index (κ1) is 18.8. The Bertz CT molecular complexity index is 799. The van der Waals surface area contributed by atoms with E-state index in [0.717, 1.165) is 24.0 Å². The molecular formula is C21H20ClNO2. The molecule has 0 bridgehead atoms. The maximum Gasteiger partial charge on any atom is 0.314 e. The molecule has 3 nitrogen and oxygen atoms in total. The second kappa shape index (κ2) is 9.05. The number of halogens is 1. The summed E-state index contributed by atoms with van der Waals surface area (Å²) in [6.45, 7) is 3.95. The Morgan fingerprint density at radius 2 is 1.88 bits per heavy atom. The number of esters is 1. The van der Waals surface area contributed by atoms with Crippen LogP contribution in [0.25, 0.3) is 11.6 Å². The van der Waals surface area contributed by atoms with Crippen molar-refractivity contribution in [1.29, 1.82) is 5.26 Å². The fourth-order valence-corrected chi connectivity index (χ4v) is 2.65. The number of hydrogen-bond acceptors (Lipinski definition) is 3. The molecule has 0 aliphatic rings. The Balaban J connectivity index is 2.16. The van der Waals surface area contributed by atoms with Crippen LogP contribution in [0, 0.1) is 17.2 Å². The van der Waals surface area contributed by atoms with E-state index in [2.05, 4.69) is 6.07 Å². The Hall–Kier alpha value is -2.57. The summed E-state index contributed by atoms with van der Waals surface area (Å²) >= 11 is 5.98. The lowest BCUT2D eigenvalue weighted by molar-refractivity contribution is -0.139. The lowest BCUT2D eigenvalue weighted by Crippen LogP contribution is -2.19. The van der Waals surface area contributed by atoms with Crippen LogP contribution in [0.3, 0.4) is 0 Å². The maximum absolute atomic E-state index is 12.0. The van der Waals surface area contributed by atoms with Crippen molar-refractivity contribution < 1.29 is 9.53 Å². The monoisotopic (exact) mass is 353 g/mol. The molecule has 2 aromatic carbocycles. The predicted molar refractivity (Wildman–Crippen MR) is 101 cm³/mol. The number of hydrogen-bond donors (Lipinski definition) is 0. The minimum Gasteiger partial charge on any atom is -0.426 e. The number of benzene rings is 2. The van der Waals surface area contributed by atoms with Crippen LogP contribution < -0.4 is 4.74 Å². The molecule has 0 unspecified atom stereocenters. The zero-order chi connectivity index (χ0) is 18.2. The Morgan fingerprint density at radius 1 is 1.20 bits per heavy atom. The van der Waals surface area contributed by atoms with E-state index in [4.69, 9.17) is 16.3 Å². The lowest BCUT2D eigenvalue weighted by atomic mass is 10.0. The van der Waals surface area contributed by atoms with E-state index in [1.54, 1.807) is 30.3 Å². The third-order valence-electron chi connectivity index (χ3n) is 3.98. The van der Waals surface area contributed by atoms with Gasteiger partial charge in [-0.3, -0.25) is 4.79 Å². The molecule has 2 rings (SSSR count). The second-order valence-electron chi connectivity index (χ2n) is 5.68. The number of allylic oxidation sites excluding steroid dienone is 1. The topological polar surface area (TPSA) is 50.1 Å². The lowest BCUT2D eigenvalue weighted by Gasteiger charge is -2.11. The zero-order valence-electron chi connectivity index (χ0n) is 14.3. The average Bonchev–Trinajstić information content (AvgIpc) is 2.62. The molecule has 0 amide bonds. The molecule has 0 spiro atoms. The molecule has 0 saturated carbocycles. The molecule has 0 saturated heterocycles. The van der Waals surface area contributed by atoms with Crippen LogP contribution in [0.15, 0.2) is 48.5 Å². The van der Waals surface area contributed by atoms with Crippen molar-refractivity contribution in [3.05, 3.63) is 64.7 Å². The van der Waals surface area contributed by atoms with Gasteiger partial charge in [-0.1, -0.05) is 49.7 Å². The SMILES string of the molecule is CCC(CC)C(=O)Oc1ccc(/C=C(/C#N)c2cccc(Cl)c2)cc1. The highest BCUT2D eigenvalue weighted by atomic mass is 35.5. The van der Waals surface area contributed by atoms with Gasteiger partial charge in [0.1, 0.15) is 5.75 Å². The third-order valence-corrected chi connectivity index (χ3v) is 4.22. The molecular weight excluding hydrogens is 334 g/mol. The van der Waals surface area contributed by atoms with Gasteiger partial charge in [0.15, 0.2) is 0 Å². The van der Waals surface area contributed by atoms with Crippen LogP contribution in [0.4, 0.5) is 0 Å².